The van der Waals surface area contributed by atoms with E-state index in [4.69, 9.17) is 11.5 Å². The standard InChI is InChI=1S/C11H18N4O2S/c1-8(12)4-3-5-9-6-10(11(13)15-7-9)18(16,17)14-2/h3,5-8,14H,4,12H2,1-2H3,(H2,13,15)/b5-3+/t8-/m0/s1. The zero-order valence-electron chi connectivity index (χ0n) is 10.4. The van der Waals surface area contributed by atoms with Crippen LogP contribution in [0.1, 0.15) is 18.9 Å². The summed E-state index contributed by atoms with van der Waals surface area (Å²) in [5.41, 5.74) is 11.8. The van der Waals surface area contributed by atoms with E-state index in [9.17, 15) is 8.42 Å². The third kappa shape index (κ3) is 3.80. The summed E-state index contributed by atoms with van der Waals surface area (Å²) in [5, 5.41) is 0. The van der Waals surface area contributed by atoms with E-state index >= 15 is 0 Å². The Balaban J connectivity index is 3.06. The Kier molecular flexibility index (Phi) is 4.83. The van der Waals surface area contributed by atoms with Crippen LogP contribution in [-0.2, 0) is 10.0 Å². The maximum Gasteiger partial charge on any atom is 0.243 e. The molecule has 100 valence electrons. The summed E-state index contributed by atoms with van der Waals surface area (Å²) in [6, 6.07) is 1.54. The molecule has 0 amide bonds. The smallest absolute Gasteiger partial charge is 0.243 e. The molecule has 0 unspecified atom stereocenters. The summed E-state index contributed by atoms with van der Waals surface area (Å²) in [6.45, 7) is 1.89. The molecule has 0 saturated heterocycles. The minimum Gasteiger partial charge on any atom is -0.383 e. The van der Waals surface area contributed by atoms with E-state index in [0.717, 1.165) is 0 Å². The van der Waals surface area contributed by atoms with Gasteiger partial charge in [-0.1, -0.05) is 12.2 Å². The molecule has 0 saturated carbocycles. The second-order valence-electron chi connectivity index (χ2n) is 3.97. The van der Waals surface area contributed by atoms with Crippen molar-refractivity contribution in [3.05, 3.63) is 23.9 Å². The van der Waals surface area contributed by atoms with Crippen molar-refractivity contribution in [1.82, 2.24) is 9.71 Å². The van der Waals surface area contributed by atoms with Gasteiger partial charge in [0.1, 0.15) is 10.7 Å². The molecular formula is C11H18N4O2S. The van der Waals surface area contributed by atoms with Crippen molar-refractivity contribution in [3.63, 3.8) is 0 Å². The fraction of sp³-hybridized carbons (Fsp3) is 0.364. The molecule has 0 aliphatic heterocycles. The molecule has 0 radical (unpaired) electrons. The Hall–Kier alpha value is -1.44. The molecule has 18 heavy (non-hydrogen) atoms. The summed E-state index contributed by atoms with van der Waals surface area (Å²) in [6.07, 6.45) is 5.86. The normalized spacial score (nSPS) is 13.9. The van der Waals surface area contributed by atoms with Gasteiger partial charge in [-0.3, -0.25) is 0 Å². The first-order valence-electron chi connectivity index (χ1n) is 5.48. The maximum absolute atomic E-state index is 11.7. The molecule has 1 atom stereocenters. The first-order valence-corrected chi connectivity index (χ1v) is 6.96. The van der Waals surface area contributed by atoms with E-state index in [1.807, 2.05) is 13.0 Å². The van der Waals surface area contributed by atoms with E-state index < -0.39 is 10.0 Å². The number of nitrogens with one attached hydrogen (secondary N) is 1. The van der Waals surface area contributed by atoms with Crippen molar-refractivity contribution in [2.75, 3.05) is 12.8 Å². The van der Waals surface area contributed by atoms with Crippen molar-refractivity contribution in [2.45, 2.75) is 24.3 Å². The maximum atomic E-state index is 11.7. The first kappa shape index (κ1) is 14.6. The fourth-order valence-corrected chi connectivity index (χ4v) is 2.14. The van der Waals surface area contributed by atoms with Crippen molar-refractivity contribution < 1.29 is 8.42 Å². The molecule has 1 rings (SSSR count). The van der Waals surface area contributed by atoms with E-state index in [1.165, 1.54) is 19.3 Å². The second-order valence-corrected chi connectivity index (χ2v) is 5.83. The summed E-state index contributed by atoms with van der Waals surface area (Å²) in [5.74, 6) is -0.0197. The predicted octanol–water partition coefficient (Wildman–Crippen LogP) is 0.322. The summed E-state index contributed by atoms with van der Waals surface area (Å²) in [4.78, 5) is 3.85. The average molecular weight is 270 g/mol. The Morgan fingerprint density at radius 1 is 1.56 bits per heavy atom. The van der Waals surface area contributed by atoms with Gasteiger partial charge in [-0.15, -0.1) is 0 Å². The van der Waals surface area contributed by atoms with Crippen LogP contribution in [-0.4, -0.2) is 26.5 Å². The van der Waals surface area contributed by atoms with Crippen LogP contribution in [0.25, 0.3) is 6.08 Å². The molecule has 0 aliphatic carbocycles. The monoisotopic (exact) mass is 270 g/mol. The van der Waals surface area contributed by atoms with E-state index in [1.54, 1.807) is 6.08 Å². The lowest BCUT2D eigenvalue weighted by Crippen LogP contribution is -2.20. The second kappa shape index (κ2) is 5.94. The third-order valence-electron chi connectivity index (χ3n) is 2.28. The molecular weight excluding hydrogens is 252 g/mol. The molecule has 7 heteroatoms. The molecule has 0 fully saturated rings. The lowest BCUT2D eigenvalue weighted by molar-refractivity contribution is 0.588. The van der Waals surface area contributed by atoms with E-state index in [0.29, 0.717) is 12.0 Å². The van der Waals surface area contributed by atoms with Gasteiger partial charge in [0.25, 0.3) is 0 Å². The number of nitrogen functional groups attached to an aromatic ring is 1. The predicted molar refractivity (Wildman–Crippen MR) is 72.2 cm³/mol. The molecule has 0 aliphatic rings. The Labute approximate surface area is 107 Å². The SMILES string of the molecule is CNS(=O)(=O)c1cc(/C=C/C[C@H](C)N)cnc1N. The van der Waals surface area contributed by atoms with Crippen LogP contribution >= 0.6 is 0 Å². The molecule has 1 aromatic heterocycles. The van der Waals surface area contributed by atoms with Gasteiger partial charge in [0.05, 0.1) is 0 Å². The highest BCUT2D eigenvalue weighted by molar-refractivity contribution is 7.89. The number of anilines is 1. The largest absolute Gasteiger partial charge is 0.383 e. The minimum absolute atomic E-state index is 0.0197. The van der Waals surface area contributed by atoms with Gasteiger partial charge in [-0.25, -0.2) is 18.1 Å². The van der Waals surface area contributed by atoms with Crippen LogP contribution in [0.4, 0.5) is 5.82 Å². The Morgan fingerprint density at radius 2 is 2.22 bits per heavy atom. The van der Waals surface area contributed by atoms with Crippen molar-refractivity contribution in [3.8, 4) is 0 Å². The number of rotatable bonds is 5. The number of hydrogen-bond donors (Lipinski definition) is 3. The van der Waals surface area contributed by atoms with Crippen LogP contribution in [0.2, 0.25) is 0 Å². The van der Waals surface area contributed by atoms with Crippen molar-refractivity contribution >= 4 is 21.9 Å². The van der Waals surface area contributed by atoms with Crippen LogP contribution in [0.5, 0.6) is 0 Å². The fourth-order valence-electron chi connectivity index (χ4n) is 1.31. The number of sulfonamides is 1. The summed E-state index contributed by atoms with van der Waals surface area (Å²) in [7, 11) is -2.26. The van der Waals surface area contributed by atoms with Crippen molar-refractivity contribution in [1.29, 1.82) is 0 Å². The van der Waals surface area contributed by atoms with Gasteiger partial charge in [0, 0.05) is 12.2 Å². The molecule has 1 heterocycles. The zero-order chi connectivity index (χ0) is 13.8. The van der Waals surface area contributed by atoms with Gasteiger partial charge in [0.15, 0.2) is 0 Å². The van der Waals surface area contributed by atoms with Crippen LogP contribution in [0.15, 0.2) is 23.2 Å². The number of nitrogens with two attached hydrogens (primary N) is 2. The highest BCUT2D eigenvalue weighted by Crippen LogP contribution is 2.17. The molecule has 5 N–H and O–H groups in total. The summed E-state index contributed by atoms with van der Waals surface area (Å²) >= 11 is 0. The molecule has 0 spiro atoms. The van der Waals surface area contributed by atoms with Gasteiger partial charge < -0.3 is 11.5 Å². The zero-order valence-corrected chi connectivity index (χ0v) is 11.2. The number of nitrogens with zero attached hydrogens (tertiary/aromatic N) is 1. The van der Waals surface area contributed by atoms with Crippen LogP contribution in [0, 0.1) is 0 Å². The quantitative estimate of drug-likeness (QED) is 0.713. The third-order valence-corrected chi connectivity index (χ3v) is 3.72. The highest BCUT2D eigenvalue weighted by atomic mass is 32.2. The minimum atomic E-state index is -3.59. The summed E-state index contributed by atoms with van der Waals surface area (Å²) < 4.78 is 25.6. The van der Waals surface area contributed by atoms with E-state index in [-0.39, 0.29) is 16.8 Å². The topological polar surface area (TPSA) is 111 Å². The van der Waals surface area contributed by atoms with E-state index in [2.05, 4.69) is 9.71 Å². The molecule has 6 nitrogen and oxygen atoms in total. The molecule has 1 aromatic rings. The Bertz CT molecular complexity index is 538. The molecule has 0 bridgehead atoms. The number of aromatic nitrogens is 1. The number of pyridine rings is 1. The first-order chi connectivity index (χ1) is 8.36. The highest BCUT2D eigenvalue weighted by Gasteiger charge is 2.16. The average Bonchev–Trinajstić information content (AvgIpc) is 2.30. The lowest BCUT2D eigenvalue weighted by Gasteiger charge is -2.06. The van der Waals surface area contributed by atoms with Gasteiger partial charge >= 0.3 is 0 Å². The van der Waals surface area contributed by atoms with Gasteiger partial charge in [-0.2, -0.15) is 0 Å². The number of hydrogen-bond acceptors (Lipinski definition) is 5. The Morgan fingerprint density at radius 3 is 2.78 bits per heavy atom. The molecule has 0 aromatic carbocycles. The van der Waals surface area contributed by atoms with Gasteiger partial charge in [-0.05, 0) is 32.0 Å². The van der Waals surface area contributed by atoms with Gasteiger partial charge in [0.2, 0.25) is 10.0 Å². The lowest BCUT2D eigenvalue weighted by atomic mass is 10.2. The van der Waals surface area contributed by atoms with Crippen molar-refractivity contribution in [2.24, 2.45) is 5.73 Å². The van der Waals surface area contributed by atoms with Crippen LogP contribution in [0.3, 0.4) is 0 Å². The van der Waals surface area contributed by atoms with Crippen LogP contribution < -0.4 is 16.2 Å².